The van der Waals surface area contributed by atoms with Crippen LogP contribution in [-0.4, -0.2) is 35.4 Å². The van der Waals surface area contributed by atoms with Gasteiger partial charge >= 0.3 is 0 Å². The van der Waals surface area contributed by atoms with Crippen LogP contribution in [0.2, 0.25) is 5.02 Å². The molecule has 1 aliphatic rings. The fourth-order valence-electron chi connectivity index (χ4n) is 2.31. The van der Waals surface area contributed by atoms with Crippen molar-refractivity contribution in [2.24, 2.45) is 0 Å². The summed E-state index contributed by atoms with van der Waals surface area (Å²) in [5.41, 5.74) is 0.378. The van der Waals surface area contributed by atoms with Gasteiger partial charge in [-0.25, -0.2) is 5.10 Å². The highest BCUT2D eigenvalue weighted by atomic mass is 35.5. The van der Waals surface area contributed by atoms with E-state index in [9.17, 15) is 4.79 Å². The number of aromatic nitrogens is 2. The van der Waals surface area contributed by atoms with Crippen molar-refractivity contribution in [3.05, 3.63) is 21.6 Å². The van der Waals surface area contributed by atoms with Gasteiger partial charge in [0.25, 0.3) is 5.56 Å². The van der Waals surface area contributed by atoms with Gasteiger partial charge in [0.15, 0.2) is 0 Å². The van der Waals surface area contributed by atoms with Crippen molar-refractivity contribution < 1.29 is 0 Å². The Morgan fingerprint density at radius 1 is 1.61 bits per heavy atom. The van der Waals surface area contributed by atoms with E-state index in [0.717, 1.165) is 19.5 Å². The van der Waals surface area contributed by atoms with Crippen molar-refractivity contribution in [1.82, 2.24) is 15.5 Å². The largest absolute Gasteiger partial charge is 0.365 e. The predicted molar refractivity (Wildman–Crippen MR) is 73.4 cm³/mol. The molecule has 5 nitrogen and oxygen atoms in total. The van der Waals surface area contributed by atoms with Crippen LogP contribution in [0.15, 0.2) is 11.0 Å². The fourth-order valence-corrected chi connectivity index (χ4v) is 2.51. The molecule has 0 saturated carbocycles. The van der Waals surface area contributed by atoms with E-state index in [1.165, 1.54) is 6.42 Å². The third kappa shape index (κ3) is 2.84. The van der Waals surface area contributed by atoms with Crippen LogP contribution < -0.4 is 15.8 Å². The summed E-state index contributed by atoms with van der Waals surface area (Å²) < 4.78 is 0. The van der Waals surface area contributed by atoms with Gasteiger partial charge in [0, 0.05) is 18.6 Å². The van der Waals surface area contributed by atoms with Crippen molar-refractivity contribution in [2.75, 3.05) is 18.0 Å². The maximum absolute atomic E-state index is 11.5. The Hall–Kier alpha value is -1.07. The number of halogens is 1. The molecule has 1 fully saturated rings. The maximum Gasteiger partial charge on any atom is 0.285 e. The fraction of sp³-hybridized carbons (Fsp3) is 0.667. The van der Waals surface area contributed by atoms with Crippen LogP contribution in [0, 0.1) is 0 Å². The first-order chi connectivity index (χ1) is 8.59. The second kappa shape index (κ2) is 5.71. The van der Waals surface area contributed by atoms with Gasteiger partial charge in [-0.1, -0.05) is 11.6 Å². The highest BCUT2D eigenvalue weighted by Gasteiger charge is 2.22. The van der Waals surface area contributed by atoms with Gasteiger partial charge in [0.2, 0.25) is 0 Å². The summed E-state index contributed by atoms with van der Waals surface area (Å²) in [6.45, 7) is 6.10. The molecule has 2 rings (SSSR count). The first-order valence-electron chi connectivity index (χ1n) is 6.33. The number of hydrogen-bond donors (Lipinski definition) is 2. The Morgan fingerprint density at radius 2 is 2.39 bits per heavy atom. The molecule has 0 bridgehead atoms. The van der Waals surface area contributed by atoms with Gasteiger partial charge in [-0.05, 0) is 33.2 Å². The van der Waals surface area contributed by atoms with Crippen molar-refractivity contribution in [3.63, 3.8) is 0 Å². The lowest BCUT2D eigenvalue weighted by molar-refractivity contribution is 0.552. The Bertz CT molecular complexity index is 454. The zero-order valence-corrected chi connectivity index (χ0v) is 11.5. The second-order valence-electron chi connectivity index (χ2n) is 4.94. The number of rotatable bonds is 4. The summed E-state index contributed by atoms with van der Waals surface area (Å²) in [5.74, 6) is 0. The quantitative estimate of drug-likeness (QED) is 0.868. The Balaban J connectivity index is 2.23. The Labute approximate surface area is 112 Å². The molecule has 0 amide bonds. The van der Waals surface area contributed by atoms with E-state index in [1.54, 1.807) is 6.20 Å². The first kappa shape index (κ1) is 13.4. The van der Waals surface area contributed by atoms with E-state index < -0.39 is 0 Å². The molecule has 1 atom stereocenters. The van der Waals surface area contributed by atoms with Crippen LogP contribution in [0.25, 0.3) is 0 Å². The minimum atomic E-state index is -0.334. The smallest absolute Gasteiger partial charge is 0.285 e. The second-order valence-corrected chi connectivity index (χ2v) is 5.32. The average molecular weight is 271 g/mol. The normalized spacial score (nSPS) is 19.4. The summed E-state index contributed by atoms with van der Waals surface area (Å²) in [5, 5.41) is 9.86. The topological polar surface area (TPSA) is 61.0 Å². The predicted octanol–water partition coefficient (Wildman–Crippen LogP) is 1.39. The molecule has 1 aromatic rings. The Morgan fingerprint density at radius 3 is 3.00 bits per heavy atom. The third-order valence-corrected chi connectivity index (χ3v) is 3.65. The van der Waals surface area contributed by atoms with E-state index in [-0.39, 0.29) is 16.6 Å². The number of hydrogen-bond acceptors (Lipinski definition) is 4. The van der Waals surface area contributed by atoms with Gasteiger partial charge in [0.05, 0.1) is 11.9 Å². The summed E-state index contributed by atoms with van der Waals surface area (Å²) >= 11 is 6.07. The molecule has 100 valence electrons. The van der Waals surface area contributed by atoms with E-state index >= 15 is 0 Å². The van der Waals surface area contributed by atoms with Gasteiger partial charge in [-0.15, -0.1) is 0 Å². The Kier molecular flexibility index (Phi) is 4.24. The molecule has 2 N–H and O–H groups in total. The van der Waals surface area contributed by atoms with E-state index in [2.05, 4.69) is 34.3 Å². The minimum Gasteiger partial charge on any atom is -0.365 e. The van der Waals surface area contributed by atoms with E-state index in [0.29, 0.717) is 11.7 Å². The lowest BCUT2D eigenvalue weighted by atomic mass is 10.2. The molecule has 18 heavy (non-hydrogen) atoms. The van der Waals surface area contributed by atoms with E-state index in [1.807, 2.05) is 0 Å². The standard InChI is InChI=1S/C12H19ClN4O/c1-8(2)17(7-9-4-3-5-14-9)10-6-15-16-12(18)11(10)13/h6,8-9,14H,3-5,7H2,1-2H3,(H,16,18). The maximum atomic E-state index is 11.5. The highest BCUT2D eigenvalue weighted by molar-refractivity contribution is 6.33. The summed E-state index contributed by atoms with van der Waals surface area (Å²) in [6, 6.07) is 0.733. The van der Waals surface area contributed by atoms with Crippen LogP contribution in [0.5, 0.6) is 0 Å². The molecular weight excluding hydrogens is 252 g/mol. The van der Waals surface area contributed by atoms with Crippen LogP contribution in [0.4, 0.5) is 5.69 Å². The number of nitrogens with one attached hydrogen (secondary N) is 2. The van der Waals surface area contributed by atoms with Crippen LogP contribution in [0.3, 0.4) is 0 Å². The molecule has 1 aromatic heterocycles. The van der Waals surface area contributed by atoms with Crippen molar-refractivity contribution in [2.45, 2.75) is 38.8 Å². The molecular formula is C12H19ClN4O. The number of anilines is 1. The van der Waals surface area contributed by atoms with Crippen LogP contribution >= 0.6 is 11.6 Å². The molecule has 0 spiro atoms. The molecule has 1 saturated heterocycles. The van der Waals surface area contributed by atoms with Crippen molar-refractivity contribution in [3.8, 4) is 0 Å². The lowest BCUT2D eigenvalue weighted by Crippen LogP contribution is -2.42. The summed E-state index contributed by atoms with van der Waals surface area (Å²) in [7, 11) is 0. The molecule has 0 aromatic carbocycles. The molecule has 2 heterocycles. The van der Waals surface area contributed by atoms with Gasteiger partial charge in [-0.3, -0.25) is 4.79 Å². The average Bonchev–Trinajstić information content (AvgIpc) is 2.83. The number of aromatic amines is 1. The van der Waals surface area contributed by atoms with Gasteiger partial charge < -0.3 is 10.2 Å². The SMILES string of the molecule is CC(C)N(CC1CCCN1)c1cn[nH]c(=O)c1Cl. The van der Waals surface area contributed by atoms with Gasteiger partial charge in [0.1, 0.15) is 5.02 Å². The molecule has 0 radical (unpaired) electrons. The first-order valence-corrected chi connectivity index (χ1v) is 6.70. The molecule has 6 heteroatoms. The van der Waals surface area contributed by atoms with E-state index in [4.69, 9.17) is 11.6 Å². The zero-order chi connectivity index (χ0) is 13.1. The monoisotopic (exact) mass is 270 g/mol. The highest BCUT2D eigenvalue weighted by Crippen LogP contribution is 2.23. The number of nitrogens with zero attached hydrogens (tertiary/aromatic N) is 2. The minimum absolute atomic E-state index is 0.219. The van der Waals surface area contributed by atoms with Crippen LogP contribution in [0.1, 0.15) is 26.7 Å². The van der Waals surface area contributed by atoms with Gasteiger partial charge in [-0.2, -0.15) is 5.10 Å². The molecule has 1 unspecified atom stereocenters. The molecule has 0 aliphatic carbocycles. The third-order valence-electron chi connectivity index (χ3n) is 3.29. The van der Waals surface area contributed by atoms with Crippen molar-refractivity contribution >= 4 is 17.3 Å². The summed E-state index contributed by atoms with van der Waals surface area (Å²) in [4.78, 5) is 13.6. The lowest BCUT2D eigenvalue weighted by Gasteiger charge is -2.31. The number of H-pyrrole nitrogens is 1. The molecule has 1 aliphatic heterocycles. The van der Waals surface area contributed by atoms with Crippen molar-refractivity contribution in [1.29, 1.82) is 0 Å². The summed E-state index contributed by atoms with van der Waals surface area (Å²) in [6.07, 6.45) is 3.99. The zero-order valence-electron chi connectivity index (χ0n) is 10.7. The van der Waals surface area contributed by atoms with Crippen LogP contribution in [-0.2, 0) is 0 Å².